The highest BCUT2D eigenvalue weighted by molar-refractivity contribution is 7.92. The molecule has 3 N–H and O–H groups in total. The molecule has 0 aliphatic heterocycles. The molecule has 1 aromatic rings. The first-order valence-corrected chi connectivity index (χ1v) is 7.06. The number of carbonyl (C=O) groups is 1. The summed E-state index contributed by atoms with van der Waals surface area (Å²) in [5.41, 5.74) is 5.24. The van der Waals surface area contributed by atoms with E-state index >= 15 is 0 Å². The van der Waals surface area contributed by atoms with Crippen molar-refractivity contribution >= 4 is 21.4 Å². The maximum absolute atomic E-state index is 12.8. The third-order valence-corrected chi connectivity index (χ3v) is 3.88. The highest BCUT2D eigenvalue weighted by atomic mass is 32.2. The minimum atomic E-state index is -3.84. The van der Waals surface area contributed by atoms with E-state index in [-0.39, 0.29) is 10.6 Å². The third-order valence-electron chi connectivity index (χ3n) is 2.20. The molecule has 0 bridgehead atoms. The maximum Gasteiger partial charge on any atom is 0.235 e. The Kier molecular flexibility index (Phi) is 4.66. The van der Waals surface area contributed by atoms with Gasteiger partial charge in [-0.2, -0.15) is 0 Å². The molecule has 0 aromatic heterocycles. The third kappa shape index (κ3) is 3.69. The van der Waals surface area contributed by atoms with Crippen LogP contribution in [0.1, 0.15) is 13.3 Å². The summed E-state index contributed by atoms with van der Waals surface area (Å²) in [7, 11) is -3.84. The van der Waals surface area contributed by atoms with Gasteiger partial charge in [-0.1, -0.05) is 6.92 Å². The van der Waals surface area contributed by atoms with Crippen LogP contribution in [0.2, 0.25) is 0 Å². The quantitative estimate of drug-likeness (QED) is 0.611. The number of nitrogens with one attached hydrogen (secondary N) is 1. The molecule has 5 nitrogen and oxygen atoms in total. The van der Waals surface area contributed by atoms with E-state index in [1.807, 2.05) is 6.92 Å². The number of rotatable bonds is 5. The van der Waals surface area contributed by atoms with Crippen molar-refractivity contribution < 1.29 is 17.6 Å². The second kappa shape index (κ2) is 5.81. The van der Waals surface area contributed by atoms with E-state index in [4.69, 9.17) is 5.73 Å². The molecule has 18 heavy (non-hydrogen) atoms. The molecule has 0 atom stereocenters. The number of benzene rings is 1. The summed E-state index contributed by atoms with van der Waals surface area (Å²) >= 11 is 0. The maximum atomic E-state index is 12.8. The molecule has 0 unspecified atom stereocenters. The molecule has 0 fully saturated rings. The number of sulfone groups is 1. The summed E-state index contributed by atoms with van der Waals surface area (Å²) in [6.45, 7) is 2.26. The van der Waals surface area contributed by atoms with Crippen LogP contribution in [-0.2, 0) is 14.6 Å². The lowest BCUT2D eigenvalue weighted by Gasteiger charge is -2.07. The van der Waals surface area contributed by atoms with E-state index in [9.17, 15) is 17.6 Å². The van der Waals surface area contributed by atoms with Crippen molar-refractivity contribution in [3.05, 3.63) is 24.0 Å². The minimum absolute atomic E-state index is 0.196. The molecule has 0 saturated heterocycles. The van der Waals surface area contributed by atoms with Crippen molar-refractivity contribution in [3.8, 4) is 0 Å². The van der Waals surface area contributed by atoms with Gasteiger partial charge >= 0.3 is 0 Å². The van der Waals surface area contributed by atoms with Crippen LogP contribution in [-0.4, -0.2) is 26.6 Å². The average molecular weight is 274 g/mol. The molecule has 0 heterocycles. The lowest BCUT2D eigenvalue weighted by Crippen LogP contribution is -2.31. The molecular weight excluding hydrogens is 259 g/mol. The molecule has 0 radical (unpaired) electrons. The lowest BCUT2D eigenvalue weighted by molar-refractivity contribution is -0.118. The molecule has 1 rings (SSSR count). The Morgan fingerprint density at radius 2 is 2.11 bits per heavy atom. The Morgan fingerprint density at radius 1 is 1.44 bits per heavy atom. The Labute approximate surface area is 105 Å². The Bertz CT molecular complexity index is 543. The van der Waals surface area contributed by atoms with Gasteiger partial charge in [-0.05, 0) is 24.6 Å². The number of carbonyl (C=O) groups excluding carboxylic acids is 1. The zero-order valence-corrected chi connectivity index (χ0v) is 10.8. The first-order valence-electron chi connectivity index (χ1n) is 5.41. The fraction of sp³-hybridized carbons (Fsp3) is 0.364. The normalized spacial score (nSPS) is 11.2. The Balaban J connectivity index is 2.90. The number of hydrogen-bond acceptors (Lipinski definition) is 4. The fourth-order valence-electron chi connectivity index (χ4n) is 1.37. The van der Waals surface area contributed by atoms with E-state index in [0.29, 0.717) is 13.0 Å². The summed E-state index contributed by atoms with van der Waals surface area (Å²) in [6.07, 6.45) is 0.713. The van der Waals surface area contributed by atoms with Gasteiger partial charge in [0.2, 0.25) is 5.91 Å². The van der Waals surface area contributed by atoms with Crippen LogP contribution in [0.3, 0.4) is 0 Å². The summed E-state index contributed by atoms with van der Waals surface area (Å²) in [6, 6.07) is 2.97. The molecule has 1 aromatic carbocycles. The molecule has 1 amide bonds. The van der Waals surface area contributed by atoms with E-state index in [0.717, 1.165) is 18.2 Å². The van der Waals surface area contributed by atoms with Crippen LogP contribution in [0.4, 0.5) is 10.1 Å². The van der Waals surface area contributed by atoms with E-state index < -0.39 is 27.3 Å². The highest BCUT2D eigenvalue weighted by Crippen LogP contribution is 2.20. The molecule has 0 spiro atoms. The zero-order chi connectivity index (χ0) is 13.8. The number of anilines is 1. The van der Waals surface area contributed by atoms with Crippen molar-refractivity contribution in [2.75, 3.05) is 18.0 Å². The van der Waals surface area contributed by atoms with Crippen LogP contribution in [0.5, 0.6) is 0 Å². The van der Waals surface area contributed by atoms with Crippen LogP contribution >= 0.6 is 0 Å². The van der Waals surface area contributed by atoms with Gasteiger partial charge in [-0.15, -0.1) is 0 Å². The molecule has 0 saturated carbocycles. The number of amides is 1. The van der Waals surface area contributed by atoms with Gasteiger partial charge in [0, 0.05) is 6.54 Å². The largest absolute Gasteiger partial charge is 0.398 e. The van der Waals surface area contributed by atoms with E-state index in [1.54, 1.807) is 0 Å². The number of halogens is 1. The molecule has 0 aliphatic carbocycles. The fourth-order valence-corrected chi connectivity index (χ4v) is 2.66. The van der Waals surface area contributed by atoms with Gasteiger partial charge in [-0.25, -0.2) is 12.8 Å². The minimum Gasteiger partial charge on any atom is -0.398 e. The van der Waals surface area contributed by atoms with E-state index in [1.165, 1.54) is 0 Å². The standard InChI is InChI=1S/C11H15FN2O3S/c1-2-5-14-11(15)7-18(16,17)10-4-3-8(12)6-9(10)13/h3-4,6H,2,5,7,13H2,1H3,(H,14,15). The second-order valence-corrected chi connectivity index (χ2v) is 5.75. The van der Waals surface area contributed by atoms with Gasteiger partial charge in [0.1, 0.15) is 11.6 Å². The van der Waals surface area contributed by atoms with Gasteiger partial charge in [0.05, 0.1) is 10.6 Å². The van der Waals surface area contributed by atoms with Crippen LogP contribution in [0.15, 0.2) is 23.1 Å². The van der Waals surface area contributed by atoms with Crippen molar-refractivity contribution in [1.82, 2.24) is 5.32 Å². The Hall–Kier alpha value is -1.63. The summed E-state index contributed by atoms with van der Waals surface area (Å²) in [5, 5.41) is 2.46. The summed E-state index contributed by atoms with van der Waals surface area (Å²) in [5.74, 6) is -1.91. The van der Waals surface area contributed by atoms with Crippen LogP contribution < -0.4 is 11.1 Å². The SMILES string of the molecule is CCCNC(=O)CS(=O)(=O)c1ccc(F)cc1N. The molecule has 100 valence electrons. The van der Waals surface area contributed by atoms with Gasteiger partial charge in [0.25, 0.3) is 0 Å². The molecular formula is C11H15FN2O3S. The zero-order valence-electron chi connectivity index (χ0n) is 9.94. The molecule has 0 aliphatic rings. The monoisotopic (exact) mass is 274 g/mol. The second-order valence-electron chi connectivity index (χ2n) is 3.79. The molecule has 7 heteroatoms. The van der Waals surface area contributed by atoms with Gasteiger partial charge < -0.3 is 11.1 Å². The number of hydrogen-bond donors (Lipinski definition) is 2. The predicted octanol–water partition coefficient (Wildman–Crippen LogP) is 0.708. The topological polar surface area (TPSA) is 89.3 Å². The summed E-state index contributed by atoms with van der Waals surface area (Å²) in [4.78, 5) is 11.1. The first-order chi connectivity index (χ1) is 8.36. The van der Waals surface area contributed by atoms with Gasteiger partial charge in [-0.3, -0.25) is 4.79 Å². The van der Waals surface area contributed by atoms with Crippen molar-refractivity contribution in [3.63, 3.8) is 0 Å². The predicted molar refractivity (Wildman–Crippen MR) is 66.2 cm³/mol. The summed E-state index contributed by atoms with van der Waals surface area (Å²) < 4.78 is 36.6. The van der Waals surface area contributed by atoms with Gasteiger partial charge in [0.15, 0.2) is 9.84 Å². The highest BCUT2D eigenvalue weighted by Gasteiger charge is 2.21. The van der Waals surface area contributed by atoms with Crippen molar-refractivity contribution in [2.24, 2.45) is 0 Å². The van der Waals surface area contributed by atoms with Crippen LogP contribution in [0.25, 0.3) is 0 Å². The van der Waals surface area contributed by atoms with E-state index in [2.05, 4.69) is 5.32 Å². The average Bonchev–Trinajstić information content (AvgIpc) is 2.25. The van der Waals surface area contributed by atoms with Crippen molar-refractivity contribution in [2.45, 2.75) is 18.2 Å². The lowest BCUT2D eigenvalue weighted by atomic mass is 10.3. The van der Waals surface area contributed by atoms with Crippen LogP contribution in [0, 0.1) is 5.82 Å². The van der Waals surface area contributed by atoms with Crippen molar-refractivity contribution in [1.29, 1.82) is 0 Å². The number of nitrogen functional groups attached to an aromatic ring is 1. The number of nitrogens with two attached hydrogens (primary N) is 1. The smallest absolute Gasteiger partial charge is 0.235 e. The first kappa shape index (κ1) is 14.4. The Morgan fingerprint density at radius 3 is 2.67 bits per heavy atom.